The molecule has 1 aromatic rings. The molecule has 1 rings (SSSR count). The number of rotatable bonds is 7. The quantitative estimate of drug-likeness (QED) is 0.734. The van der Waals surface area contributed by atoms with Gasteiger partial charge in [0, 0.05) is 19.1 Å². The number of nitrogens with one attached hydrogen (secondary N) is 2. The maximum Gasteiger partial charge on any atom is 0.247 e. The Bertz CT molecular complexity index is 534. The summed E-state index contributed by atoms with van der Waals surface area (Å²) in [7, 11) is -1.82. The number of nitrogens with zero attached hydrogens (tertiary/aromatic N) is 2. The van der Waals surface area contributed by atoms with Gasteiger partial charge in [-0.05, 0) is 27.8 Å². The highest BCUT2D eigenvalue weighted by molar-refractivity contribution is 7.89. The fraction of sp³-hybridized carbons (Fsp3) is 0.583. The van der Waals surface area contributed by atoms with Gasteiger partial charge in [0.25, 0.3) is 0 Å². The minimum Gasteiger partial charge on any atom is -0.314 e. The summed E-state index contributed by atoms with van der Waals surface area (Å²) in [6.07, 6.45) is 1.59. The number of hydrogen-bond acceptors (Lipinski definition) is 4. The Hall–Kier alpha value is -1.18. The molecule has 0 bridgehead atoms. The van der Waals surface area contributed by atoms with Gasteiger partial charge in [-0.2, -0.15) is 9.40 Å². The second kappa shape index (κ2) is 6.31. The largest absolute Gasteiger partial charge is 0.314 e. The van der Waals surface area contributed by atoms with Gasteiger partial charge in [-0.25, -0.2) is 8.42 Å². The van der Waals surface area contributed by atoms with Crippen molar-refractivity contribution in [2.75, 3.05) is 13.6 Å². The predicted molar refractivity (Wildman–Crippen MR) is 75.3 cm³/mol. The van der Waals surface area contributed by atoms with Gasteiger partial charge in [0.1, 0.15) is 4.90 Å². The van der Waals surface area contributed by atoms with Crippen LogP contribution in [0.5, 0.6) is 0 Å². The summed E-state index contributed by atoms with van der Waals surface area (Å²) < 4.78 is 26.9. The van der Waals surface area contributed by atoms with Gasteiger partial charge in [0.05, 0.1) is 11.4 Å². The number of aromatic nitrogens is 2. The first kappa shape index (κ1) is 15.9. The van der Waals surface area contributed by atoms with Gasteiger partial charge >= 0.3 is 0 Å². The molecule has 0 spiro atoms. The summed E-state index contributed by atoms with van der Waals surface area (Å²) in [5.41, 5.74) is 1.06. The van der Waals surface area contributed by atoms with Crippen molar-refractivity contribution in [1.29, 1.82) is 0 Å². The van der Waals surface area contributed by atoms with Crippen LogP contribution >= 0.6 is 0 Å². The topological polar surface area (TPSA) is 78.1 Å². The van der Waals surface area contributed by atoms with E-state index in [0.29, 0.717) is 17.9 Å². The zero-order valence-electron chi connectivity index (χ0n) is 11.9. The molecule has 0 aliphatic heterocycles. The lowest BCUT2D eigenvalue weighted by Crippen LogP contribution is -2.37. The summed E-state index contributed by atoms with van der Waals surface area (Å²) in [4.78, 5) is 0.261. The number of H-pyrrole nitrogens is 1. The first-order chi connectivity index (χ1) is 8.86. The molecule has 0 aliphatic rings. The molecule has 7 heteroatoms. The maximum absolute atomic E-state index is 12.7. The average Bonchev–Trinajstić information content (AvgIpc) is 2.68. The Morgan fingerprint density at radius 1 is 1.53 bits per heavy atom. The fourth-order valence-electron chi connectivity index (χ4n) is 1.93. The highest BCUT2D eigenvalue weighted by atomic mass is 32.2. The molecule has 0 atom stereocenters. The summed E-state index contributed by atoms with van der Waals surface area (Å²) in [5.74, 6) is 0. The standard InChI is InChI=1S/C12H22N4O2S/c1-6-7-16(9(2)3)19(17,18)12-10(4)14-15-11(12)8-13-5/h6,9,13H,1,7-8H2,2-5H3,(H,14,15). The van der Waals surface area contributed by atoms with E-state index in [9.17, 15) is 8.42 Å². The molecule has 0 unspecified atom stereocenters. The average molecular weight is 286 g/mol. The molecule has 0 saturated carbocycles. The summed E-state index contributed by atoms with van der Waals surface area (Å²) >= 11 is 0. The second-order valence-corrected chi connectivity index (χ2v) is 6.44. The minimum atomic E-state index is -3.57. The van der Waals surface area contributed by atoms with Gasteiger partial charge in [-0.3, -0.25) is 5.10 Å². The Labute approximate surface area is 114 Å². The SMILES string of the molecule is C=CCN(C(C)C)S(=O)(=O)c1c(CNC)n[nH]c1C. The normalized spacial score (nSPS) is 12.3. The van der Waals surface area contributed by atoms with Crippen molar-refractivity contribution in [3.8, 4) is 0 Å². The summed E-state index contributed by atoms with van der Waals surface area (Å²) in [6, 6.07) is -0.139. The van der Waals surface area contributed by atoms with E-state index in [1.807, 2.05) is 13.8 Å². The Kier molecular flexibility index (Phi) is 5.28. The van der Waals surface area contributed by atoms with Crippen LogP contribution in [0.1, 0.15) is 25.2 Å². The highest BCUT2D eigenvalue weighted by Crippen LogP contribution is 2.23. The molecule has 19 heavy (non-hydrogen) atoms. The fourth-order valence-corrected chi connectivity index (χ4v) is 3.87. The van der Waals surface area contributed by atoms with Gasteiger partial charge in [-0.15, -0.1) is 6.58 Å². The van der Waals surface area contributed by atoms with E-state index >= 15 is 0 Å². The molecule has 0 amide bonds. The van der Waals surface area contributed by atoms with Crippen molar-refractivity contribution < 1.29 is 8.42 Å². The van der Waals surface area contributed by atoms with Crippen molar-refractivity contribution in [2.24, 2.45) is 0 Å². The smallest absolute Gasteiger partial charge is 0.247 e. The van der Waals surface area contributed by atoms with E-state index in [2.05, 4.69) is 22.1 Å². The van der Waals surface area contributed by atoms with Gasteiger partial charge in [-0.1, -0.05) is 6.08 Å². The maximum atomic E-state index is 12.7. The molecule has 0 saturated heterocycles. The third-order valence-corrected chi connectivity index (χ3v) is 5.00. The zero-order chi connectivity index (χ0) is 14.6. The Morgan fingerprint density at radius 2 is 2.16 bits per heavy atom. The first-order valence-electron chi connectivity index (χ1n) is 6.17. The molecule has 1 aromatic heterocycles. The van der Waals surface area contributed by atoms with Gasteiger partial charge in [0.2, 0.25) is 10.0 Å². The predicted octanol–water partition coefficient (Wildman–Crippen LogP) is 1.02. The lowest BCUT2D eigenvalue weighted by molar-refractivity contribution is 0.382. The van der Waals surface area contributed by atoms with Crippen LogP contribution in [0.2, 0.25) is 0 Å². The molecule has 1 heterocycles. The molecule has 0 fully saturated rings. The van der Waals surface area contributed by atoms with Crippen molar-refractivity contribution >= 4 is 10.0 Å². The lowest BCUT2D eigenvalue weighted by atomic mass is 10.4. The molecule has 0 radical (unpaired) electrons. The summed E-state index contributed by atoms with van der Waals surface area (Å²) in [5, 5.41) is 9.72. The molecule has 0 aliphatic carbocycles. The summed E-state index contributed by atoms with van der Waals surface area (Å²) in [6.45, 7) is 9.70. The van der Waals surface area contributed by atoms with E-state index < -0.39 is 10.0 Å². The first-order valence-corrected chi connectivity index (χ1v) is 7.61. The molecule has 108 valence electrons. The highest BCUT2D eigenvalue weighted by Gasteiger charge is 2.31. The zero-order valence-corrected chi connectivity index (χ0v) is 12.7. The third kappa shape index (κ3) is 3.23. The second-order valence-electron chi connectivity index (χ2n) is 4.61. The molecular weight excluding hydrogens is 264 g/mol. The van der Waals surface area contributed by atoms with Crippen LogP contribution in [0.3, 0.4) is 0 Å². The molecule has 0 aromatic carbocycles. The Balaban J connectivity index is 3.32. The monoisotopic (exact) mass is 286 g/mol. The number of sulfonamides is 1. The number of aryl methyl sites for hydroxylation is 1. The van der Waals surface area contributed by atoms with Crippen LogP contribution in [-0.4, -0.2) is 42.6 Å². The van der Waals surface area contributed by atoms with Crippen LogP contribution in [-0.2, 0) is 16.6 Å². The van der Waals surface area contributed by atoms with Crippen LogP contribution in [0.25, 0.3) is 0 Å². The van der Waals surface area contributed by atoms with E-state index in [-0.39, 0.29) is 17.5 Å². The van der Waals surface area contributed by atoms with Crippen LogP contribution in [0, 0.1) is 6.92 Å². The van der Waals surface area contributed by atoms with Crippen LogP contribution < -0.4 is 5.32 Å². The third-order valence-electron chi connectivity index (χ3n) is 2.76. The van der Waals surface area contributed by atoms with Crippen LogP contribution in [0.4, 0.5) is 0 Å². The van der Waals surface area contributed by atoms with Gasteiger partial charge in [0.15, 0.2) is 0 Å². The minimum absolute atomic E-state index is 0.139. The molecular formula is C12H22N4O2S. The van der Waals surface area contributed by atoms with E-state index in [1.54, 1.807) is 20.0 Å². The molecule has 6 nitrogen and oxygen atoms in total. The van der Waals surface area contributed by atoms with Crippen molar-refractivity contribution in [3.05, 3.63) is 24.0 Å². The lowest BCUT2D eigenvalue weighted by Gasteiger charge is -2.24. The Morgan fingerprint density at radius 3 is 2.63 bits per heavy atom. The molecule has 2 N–H and O–H groups in total. The number of hydrogen-bond donors (Lipinski definition) is 2. The number of aromatic amines is 1. The van der Waals surface area contributed by atoms with Crippen LogP contribution in [0.15, 0.2) is 17.6 Å². The van der Waals surface area contributed by atoms with Crippen molar-refractivity contribution in [2.45, 2.75) is 38.3 Å². The van der Waals surface area contributed by atoms with E-state index in [4.69, 9.17) is 0 Å². The van der Waals surface area contributed by atoms with Crippen molar-refractivity contribution in [1.82, 2.24) is 19.8 Å². The van der Waals surface area contributed by atoms with E-state index in [1.165, 1.54) is 4.31 Å². The van der Waals surface area contributed by atoms with E-state index in [0.717, 1.165) is 0 Å². The van der Waals surface area contributed by atoms with Gasteiger partial charge < -0.3 is 5.32 Å². The van der Waals surface area contributed by atoms with Crippen molar-refractivity contribution in [3.63, 3.8) is 0 Å².